The lowest BCUT2D eigenvalue weighted by atomic mass is 10.1. The highest BCUT2D eigenvalue weighted by Gasteiger charge is 2.20. The first-order chi connectivity index (χ1) is 12.0. The van der Waals surface area contributed by atoms with Gasteiger partial charge in [-0.25, -0.2) is 4.98 Å². The predicted molar refractivity (Wildman–Crippen MR) is 99.7 cm³/mol. The molecule has 0 saturated carbocycles. The van der Waals surface area contributed by atoms with E-state index in [1.165, 1.54) is 11.1 Å². The lowest BCUT2D eigenvalue weighted by molar-refractivity contribution is -0.129. The van der Waals surface area contributed by atoms with Crippen molar-refractivity contribution in [1.82, 2.24) is 14.9 Å². The molecule has 1 aliphatic heterocycles. The summed E-state index contributed by atoms with van der Waals surface area (Å²) in [5.41, 5.74) is 3.43. The first-order valence-electron chi connectivity index (χ1n) is 8.67. The molecule has 6 heteroatoms. The number of nitrogens with zero attached hydrogens (tertiary/aromatic N) is 4. The molecule has 1 fully saturated rings. The van der Waals surface area contributed by atoms with E-state index in [1.54, 1.807) is 6.92 Å². The third kappa shape index (κ3) is 4.26. The number of aryl methyl sites for hydroxylation is 2. The van der Waals surface area contributed by atoms with Crippen LogP contribution in [0.15, 0.2) is 30.3 Å². The van der Waals surface area contributed by atoms with Crippen molar-refractivity contribution in [3.05, 3.63) is 47.2 Å². The molecule has 6 nitrogen and oxygen atoms in total. The Hall–Kier alpha value is -2.63. The van der Waals surface area contributed by atoms with Crippen LogP contribution in [0.3, 0.4) is 0 Å². The zero-order valence-electron chi connectivity index (χ0n) is 15.1. The Morgan fingerprint density at radius 3 is 2.52 bits per heavy atom. The van der Waals surface area contributed by atoms with Crippen LogP contribution in [0.2, 0.25) is 0 Å². The average Bonchev–Trinajstić information content (AvgIpc) is 2.60. The maximum Gasteiger partial charge on any atom is 0.225 e. The fourth-order valence-corrected chi connectivity index (χ4v) is 3.03. The number of piperazine rings is 1. The first kappa shape index (κ1) is 17.2. The van der Waals surface area contributed by atoms with Gasteiger partial charge in [-0.05, 0) is 25.0 Å². The van der Waals surface area contributed by atoms with Crippen molar-refractivity contribution >= 4 is 17.7 Å². The van der Waals surface area contributed by atoms with Crippen molar-refractivity contribution in [1.29, 1.82) is 0 Å². The van der Waals surface area contributed by atoms with Crippen LogP contribution in [-0.2, 0) is 11.3 Å². The summed E-state index contributed by atoms with van der Waals surface area (Å²) in [6.45, 7) is 9.49. The third-order valence-electron chi connectivity index (χ3n) is 4.59. The van der Waals surface area contributed by atoms with E-state index in [-0.39, 0.29) is 5.91 Å². The van der Waals surface area contributed by atoms with E-state index in [0.717, 1.165) is 37.7 Å². The highest BCUT2D eigenvalue weighted by atomic mass is 16.2. The van der Waals surface area contributed by atoms with Crippen molar-refractivity contribution in [2.75, 3.05) is 36.4 Å². The van der Waals surface area contributed by atoms with Gasteiger partial charge in [0.25, 0.3) is 0 Å². The first-order valence-corrected chi connectivity index (χ1v) is 8.67. The highest BCUT2D eigenvalue weighted by molar-refractivity contribution is 5.73. The number of carbonyl (C=O) groups is 1. The molecule has 1 saturated heterocycles. The molecule has 0 atom stereocenters. The second-order valence-corrected chi connectivity index (χ2v) is 6.46. The molecule has 0 radical (unpaired) electrons. The van der Waals surface area contributed by atoms with Crippen LogP contribution in [0.25, 0.3) is 0 Å². The van der Waals surface area contributed by atoms with Crippen LogP contribution < -0.4 is 10.2 Å². The summed E-state index contributed by atoms with van der Waals surface area (Å²) in [5.74, 6) is 1.70. The molecule has 2 heterocycles. The van der Waals surface area contributed by atoms with E-state index in [2.05, 4.69) is 39.2 Å². The maximum absolute atomic E-state index is 11.5. The van der Waals surface area contributed by atoms with E-state index in [4.69, 9.17) is 0 Å². The van der Waals surface area contributed by atoms with Crippen molar-refractivity contribution in [3.63, 3.8) is 0 Å². The second-order valence-electron chi connectivity index (χ2n) is 6.46. The highest BCUT2D eigenvalue weighted by Crippen LogP contribution is 2.18. The topological polar surface area (TPSA) is 61.4 Å². The summed E-state index contributed by atoms with van der Waals surface area (Å²) in [6.07, 6.45) is 0. The number of carbonyl (C=O) groups excluding carboxylic acids is 1. The second kappa shape index (κ2) is 7.51. The van der Waals surface area contributed by atoms with Gasteiger partial charge < -0.3 is 15.1 Å². The Labute approximate surface area is 148 Å². The molecular weight excluding hydrogens is 314 g/mol. The molecule has 0 aliphatic carbocycles. The van der Waals surface area contributed by atoms with Gasteiger partial charge >= 0.3 is 0 Å². The minimum Gasteiger partial charge on any atom is -0.353 e. The van der Waals surface area contributed by atoms with E-state index in [9.17, 15) is 4.79 Å². The Kier molecular flexibility index (Phi) is 5.16. The fourth-order valence-electron chi connectivity index (χ4n) is 3.03. The average molecular weight is 339 g/mol. The van der Waals surface area contributed by atoms with Gasteiger partial charge in [0.1, 0.15) is 5.82 Å². The molecule has 1 aliphatic rings. The van der Waals surface area contributed by atoms with E-state index in [1.807, 2.05) is 30.0 Å². The number of aromatic nitrogens is 2. The lowest BCUT2D eigenvalue weighted by Gasteiger charge is -2.35. The van der Waals surface area contributed by atoms with Gasteiger partial charge in [0.2, 0.25) is 11.9 Å². The van der Waals surface area contributed by atoms with Crippen molar-refractivity contribution in [2.24, 2.45) is 0 Å². The maximum atomic E-state index is 11.5. The number of hydrogen-bond donors (Lipinski definition) is 1. The Morgan fingerprint density at radius 1 is 1.12 bits per heavy atom. The Bertz CT molecular complexity index is 753. The number of benzene rings is 1. The smallest absolute Gasteiger partial charge is 0.225 e. The summed E-state index contributed by atoms with van der Waals surface area (Å²) in [5, 5.41) is 3.34. The quantitative estimate of drug-likeness (QED) is 0.927. The fraction of sp³-hybridized carbons (Fsp3) is 0.421. The van der Waals surface area contributed by atoms with Crippen molar-refractivity contribution in [2.45, 2.75) is 27.3 Å². The predicted octanol–water partition coefficient (Wildman–Crippen LogP) is 2.37. The van der Waals surface area contributed by atoms with Crippen LogP contribution >= 0.6 is 0 Å². The number of rotatable bonds is 4. The summed E-state index contributed by atoms with van der Waals surface area (Å²) in [7, 11) is 0. The molecule has 132 valence electrons. The third-order valence-corrected chi connectivity index (χ3v) is 4.59. The Balaban J connectivity index is 1.69. The zero-order valence-corrected chi connectivity index (χ0v) is 15.1. The van der Waals surface area contributed by atoms with Gasteiger partial charge in [-0.2, -0.15) is 4.98 Å². The van der Waals surface area contributed by atoms with Crippen LogP contribution in [0.4, 0.5) is 11.8 Å². The monoisotopic (exact) mass is 339 g/mol. The molecule has 25 heavy (non-hydrogen) atoms. The molecule has 0 bridgehead atoms. The van der Waals surface area contributed by atoms with E-state index >= 15 is 0 Å². The standard InChI is InChI=1S/C19H25N5O/c1-14-6-4-5-7-17(14)13-20-19-21-15(2)12-18(22-19)24-10-8-23(9-11-24)16(3)25/h4-7,12H,8-11,13H2,1-3H3,(H,20,21,22). The molecule has 1 amide bonds. The number of nitrogens with one attached hydrogen (secondary N) is 1. The number of hydrogen-bond acceptors (Lipinski definition) is 5. The summed E-state index contributed by atoms with van der Waals surface area (Å²) in [4.78, 5) is 24.7. The normalized spacial score (nSPS) is 14.5. The van der Waals surface area contributed by atoms with Crippen LogP contribution in [-0.4, -0.2) is 47.0 Å². The lowest BCUT2D eigenvalue weighted by Crippen LogP contribution is -2.48. The van der Waals surface area contributed by atoms with Gasteiger partial charge in [-0.3, -0.25) is 4.79 Å². The largest absolute Gasteiger partial charge is 0.353 e. The number of amides is 1. The van der Waals surface area contributed by atoms with Crippen LogP contribution in [0.5, 0.6) is 0 Å². The zero-order chi connectivity index (χ0) is 17.8. The molecular formula is C19H25N5O. The van der Waals surface area contributed by atoms with Gasteiger partial charge in [-0.1, -0.05) is 24.3 Å². The van der Waals surface area contributed by atoms with Crippen molar-refractivity contribution < 1.29 is 4.79 Å². The molecule has 1 aromatic heterocycles. The molecule has 0 spiro atoms. The van der Waals surface area contributed by atoms with Gasteiger partial charge in [0, 0.05) is 51.4 Å². The minimum atomic E-state index is 0.138. The summed E-state index contributed by atoms with van der Waals surface area (Å²) in [6, 6.07) is 10.3. The van der Waals surface area contributed by atoms with Crippen LogP contribution in [0, 0.1) is 13.8 Å². The molecule has 3 rings (SSSR count). The molecule has 1 aromatic carbocycles. The van der Waals surface area contributed by atoms with E-state index < -0.39 is 0 Å². The summed E-state index contributed by atoms with van der Waals surface area (Å²) < 4.78 is 0. The van der Waals surface area contributed by atoms with Gasteiger partial charge in [0.05, 0.1) is 0 Å². The van der Waals surface area contributed by atoms with Crippen LogP contribution in [0.1, 0.15) is 23.7 Å². The van der Waals surface area contributed by atoms with Gasteiger partial charge in [-0.15, -0.1) is 0 Å². The molecule has 0 unspecified atom stereocenters. The van der Waals surface area contributed by atoms with Crippen molar-refractivity contribution in [3.8, 4) is 0 Å². The minimum absolute atomic E-state index is 0.138. The molecule has 2 aromatic rings. The SMILES string of the molecule is CC(=O)N1CCN(c2cc(C)nc(NCc3ccccc3C)n2)CC1. The number of anilines is 2. The summed E-state index contributed by atoms with van der Waals surface area (Å²) >= 11 is 0. The Morgan fingerprint density at radius 2 is 1.84 bits per heavy atom. The van der Waals surface area contributed by atoms with E-state index in [0.29, 0.717) is 12.5 Å². The van der Waals surface area contributed by atoms with Gasteiger partial charge in [0.15, 0.2) is 0 Å². The molecule has 1 N–H and O–H groups in total.